The molecule has 2 aromatic heterocycles. The molecule has 6 heteroatoms. The van der Waals surface area contributed by atoms with E-state index in [4.69, 9.17) is 24.4 Å². The lowest BCUT2D eigenvalue weighted by Crippen LogP contribution is -2.06. The van der Waals surface area contributed by atoms with Gasteiger partial charge in [0, 0.05) is 28.0 Å². The Labute approximate surface area is 281 Å². The Morgan fingerprint density at radius 3 is 1.73 bits per heavy atom. The summed E-state index contributed by atoms with van der Waals surface area (Å²) in [6.07, 6.45) is 0. The van der Waals surface area contributed by atoms with E-state index in [0.29, 0.717) is 46.0 Å². The van der Waals surface area contributed by atoms with Crippen LogP contribution >= 0.6 is 0 Å². The van der Waals surface area contributed by atoms with E-state index in [1.165, 1.54) is 10.8 Å². The lowest BCUT2D eigenvalue weighted by molar-refractivity contribution is 0.360. The Morgan fingerprint density at radius 1 is 0.408 bits per heavy atom. The molecule has 0 atom stereocenters. The first-order valence-corrected chi connectivity index (χ1v) is 16.2. The molecule has 230 valence electrons. The molecule has 6 nitrogen and oxygen atoms in total. The van der Waals surface area contributed by atoms with E-state index < -0.39 is 0 Å². The van der Waals surface area contributed by atoms with Crippen molar-refractivity contribution in [1.82, 2.24) is 19.5 Å². The number of ether oxygens (including phenoxy) is 2. The minimum Gasteiger partial charge on any atom is -0.449 e. The second kappa shape index (κ2) is 10.9. The number of fused-ring (bicyclic) bond motifs is 6. The molecular weight excluding hydrogens is 604 g/mol. The summed E-state index contributed by atoms with van der Waals surface area (Å²) < 4.78 is 15.5. The van der Waals surface area contributed by atoms with Gasteiger partial charge in [0.25, 0.3) is 0 Å². The molecule has 7 aromatic carbocycles. The third-order valence-electron chi connectivity index (χ3n) is 9.10. The molecule has 0 unspecified atom stereocenters. The molecule has 0 saturated heterocycles. The first kappa shape index (κ1) is 27.3. The summed E-state index contributed by atoms with van der Waals surface area (Å²) in [6, 6.07) is 53.3. The predicted octanol–water partition coefficient (Wildman–Crippen LogP) is 11.0. The predicted molar refractivity (Wildman–Crippen MR) is 195 cm³/mol. The SMILES string of the molecule is c1ccc(-c2nc(-c3cc(-n4c5ccccc5c5ccccc54)cc4c3Oc3ccccc3O4)nc(-c3cccc4ccccc34)n2)cc1. The summed E-state index contributed by atoms with van der Waals surface area (Å²) in [4.78, 5) is 15.4. The number of hydrogen-bond acceptors (Lipinski definition) is 5. The van der Waals surface area contributed by atoms with E-state index in [9.17, 15) is 0 Å². The van der Waals surface area contributed by atoms with Gasteiger partial charge in [-0.15, -0.1) is 0 Å². The fourth-order valence-electron chi connectivity index (χ4n) is 6.87. The Morgan fingerprint density at radius 2 is 0.980 bits per heavy atom. The summed E-state index contributed by atoms with van der Waals surface area (Å²) in [6.45, 7) is 0. The molecule has 10 rings (SSSR count). The molecule has 49 heavy (non-hydrogen) atoms. The normalized spacial score (nSPS) is 12.0. The van der Waals surface area contributed by atoms with Crippen molar-refractivity contribution in [3.05, 3.63) is 158 Å². The van der Waals surface area contributed by atoms with Crippen molar-refractivity contribution >= 4 is 32.6 Å². The van der Waals surface area contributed by atoms with E-state index >= 15 is 0 Å². The van der Waals surface area contributed by atoms with Crippen molar-refractivity contribution < 1.29 is 9.47 Å². The standard InChI is InChI=1S/C43H26N4O2/c1-2-14-28(15-3-1)41-44-42(33-20-12-16-27-13-4-5-17-30(27)33)46-43(45-41)34-25-29(26-39-40(34)49-38-24-11-10-23-37(38)48-39)47-35-21-8-6-18-31(35)32-19-7-9-22-36(32)47/h1-26H. The highest BCUT2D eigenvalue weighted by atomic mass is 16.6. The molecule has 0 N–H and O–H groups in total. The van der Waals surface area contributed by atoms with Gasteiger partial charge in [-0.05, 0) is 41.1 Å². The molecule has 1 aliphatic heterocycles. The van der Waals surface area contributed by atoms with Gasteiger partial charge in [0.15, 0.2) is 40.5 Å². The molecular formula is C43H26N4O2. The summed E-state index contributed by atoms with van der Waals surface area (Å²) in [7, 11) is 0. The summed E-state index contributed by atoms with van der Waals surface area (Å²) in [5, 5.41) is 4.52. The number of nitrogens with zero attached hydrogens (tertiary/aromatic N) is 4. The van der Waals surface area contributed by atoms with Crippen molar-refractivity contribution in [2.24, 2.45) is 0 Å². The molecule has 3 heterocycles. The highest BCUT2D eigenvalue weighted by Crippen LogP contribution is 2.51. The van der Waals surface area contributed by atoms with Gasteiger partial charge in [0.2, 0.25) is 0 Å². The smallest absolute Gasteiger partial charge is 0.181 e. The van der Waals surface area contributed by atoms with Gasteiger partial charge in [-0.25, -0.2) is 15.0 Å². The second-order valence-corrected chi connectivity index (χ2v) is 12.0. The van der Waals surface area contributed by atoms with Crippen LogP contribution in [-0.2, 0) is 0 Å². The Balaban J connectivity index is 1.28. The molecule has 0 amide bonds. The van der Waals surface area contributed by atoms with E-state index in [1.807, 2.05) is 78.9 Å². The topological polar surface area (TPSA) is 62.1 Å². The van der Waals surface area contributed by atoms with Crippen LogP contribution in [0.5, 0.6) is 23.0 Å². The molecule has 0 bridgehead atoms. The number of benzene rings is 7. The third kappa shape index (κ3) is 4.46. The molecule has 1 aliphatic rings. The van der Waals surface area contributed by atoms with Gasteiger partial charge in [0.1, 0.15) is 0 Å². The van der Waals surface area contributed by atoms with E-state index in [0.717, 1.165) is 38.6 Å². The second-order valence-electron chi connectivity index (χ2n) is 12.0. The fourth-order valence-corrected chi connectivity index (χ4v) is 6.87. The maximum atomic E-state index is 6.64. The fraction of sp³-hybridized carbons (Fsp3) is 0. The average molecular weight is 631 g/mol. The van der Waals surface area contributed by atoms with Crippen molar-refractivity contribution in [1.29, 1.82) is 0 Å². The van der Waals surface area contributed by atoms with Crippen LogP contribution in [0.2, 0.25) is 0 Å². The molecule has 0 radical (unpaired) electrons. The van der Waals surface area contributed by atoms with Gasteiger partial charge in [0.05, 0.1) is 22.3 Å². The Kier molecular flexibility index (Phi) is 6.08. The van der Waals surface area contributed by atoms with Crippen LogP contribution in [0.1, 0.15) is 0 Å². The highest BCUT2D eigenvalue weighted by Gasteiger charge is 2.27. The maximum absolute atomic E-state index is 6.64. The zero-order chi connectivity index (χ0) is 32.3. The largest absolute Gasteiger partial charge is 0.449 e. The van der Waals surface area contributed by atoms with Crippen molar-refractivity contribution in [3.63, 3.8) is 0 Å². The lowest BCUT2D eigenvalue weighted by Gasteiger charge is -2.24. The summed E-state index contributed by atoms with van der Waals surface area (Å²) >= 11 is 0. The minimum absolute atomic E-state index is 0.485. The number of para-hydroxylation sites is 4. The van der Waals surface area contributed by atoms with Gasteiger partial charge in [-0.2, -0.15) is 0 Å². The highest BCUT2D eigenvalue weighted by molar-refractivity contribution is 6.09. The third-order valence-corrected chi connectivity index (χ3v) is 9.10. The van der Waals surface area contributed by atoms with Crippen molar-refractivity contribution in [2.45, 2.75) is 0 Å². The van der Waals surface area contributed by atoms with Crippen molar-refractivity contribution in [3.8, 4) is 62.8 Å². The Hall–Kier alpha value is -6.79. The molecule has 0 fully saturated rings. The van der Waals surface area contributed by atoms with Crippen LogP contribution in [-0.4, -0.2) is 19.5 Å². The molecule has 0 saturated carbocycles. The van der Waals surface area contributed by atoms with E-state index in [2.05, 4.69) is 83.4 Å². The zero-order valence-corrected chi connectivity index (χ0v) is 26.1. The van der Waals surface area contributed by atoms with Crippen LogP contribution in [0, 0.1) is 0 Å². The van der Waals surface area contributed by atoms with Crippen LogP contribution in [0.25, 0.3) is 72.4 Å². The van der Waals surface area contributed by atoms with Gasteiger partial charge < -0.3 is 14.0 Å². The number of hydrogen-bond donors (Lipinski definition) is 0. The van der Waals surface area contributed by atoms with Crippen molar-refractivity contribution in [2.75, 3.05) is 0 Å². The number of rotatable bonds is 4. The number of aromatic nitrogens is 4. The Bertz CT molecular complexity index is 2680. The molecule has 9 aromatic rings. The first-order chi connectivity index (χ1) is 24.3. The van der Waals surface area contributed by atoms with Gasteiger partial charge in [-0.3, -0.25) is 0 Å². The summed E-state index contributed by atoms with van der Waals surface area (Å²) in [5.41, 5.74) is 5.59. The minimum atomic E-state index is 0.485. The van der Waals surface area contributed by atoms with E-state index in [1.54, 1.807) is 0 Å². The first-order valence-electron chi connectivity index (χ1n) is 16.2. The average Bonchev–Trinajstić information content (AvgIpc) is 3.51. The van der Waals surface area contributed by atoms with Gasteiger partial charge >= 0.3 is 0 Å². The lowest BCUT2D eigenvalue weighted by atomic mass is 10.0. The monoisotopic (exact) mass is 630 g/mol. The zero-order valence-electron chi connectivity index (χ0n) is 26.1. The molecule has 0 aliphatic carbocycles. The van der Waals surface area contributed by atoms with Gasteiger partial charge in [-0.1, -0.05) is 121 Å². The quantitative estimate of drug-likeness (QED) is 0.194. The van der Waals surface area contributed by atoms with Crippen LogP contribution in [0.3, 0.4) is 0 Å². The van der Waals surface area contributed by atoms with E-state index in [-0.39, 0.29) is 0 Å². The maximum Gasteiger partial charge on any atom is 0.181 e. The van der Waals surface area contributed by atoms with Crippen LogP contribution in [0.15, 0.2) is 158 Å². The van der Waals surface area contributed by atoms with Crippen LogP contribution in [0.4, 0.5) is 0 Å². The summed E-state index contributed by atoms with van der Waals surface area (Å²) in [5.74, 6) is 4.05. The van der Waals surface area contributed by atoms with Crippen LogP contribution < -0.4 is 9.47 Å². The molecule has 0 spiro atoms.